The van der Waals surface area contributed by atoms with Gasteiger partial charge in [0.15, 0.2) is 0 Å². The number of carbonyl (C=O) groups is 2. The van der Waals surface area contributed by atoms with Crippen molar-refractivity contribution >= 4 is 17.6 Å². The van der Waals surface area contributed by atoms with Crippen LogP contribution in [-0.2, 0) is 11.3 Å². The molecule has 0 atom stereocenters. The SMILES string of the molecule is O=C1NC(=O)C2(CCN(Cc3ccccc3)CC2)N1c1cccc(F)c1. The molecule has 134 valence electrons. The minimum atomic E-state index is -0.932. The second-order valence-corrected chi connectivity index (χ2v) is 6.87. The van der Waals surface area contributed by atoms with Crippen LogP contribution in [0.2, 0.25) is 0 Å². The van der Waals surface area contributed by atoms with Crippen molar-refractivity contribution in [1.82, 2.24) is 10.2 Å². The number of rotatable bonds is 3. The number of halogens is 1. The van der Waals surface area contributed by atoms with E-state index in [0.717, 1.165) is 6.54 Å². The van der Waals surface area contributed by atoms with Crippen molar-refractivity contribution in [2.45, 2.75) is 24.9 Å². The molecular formula is C20H20FN3O2. The lowest BCUT2D eigenvalue weighted by Gasteiger charge is -2.42. The van der Waals surface area contributed by atoms with Gasteiger partial charge in [-0.2, -0.15) is 0 Å². The molecule has 2 aromatic carbocycles. The summed E-state index contributed by atoms with van der Waals surface area (Å²) in [5.74, 6) is -0.711. The van der Waals surface area contributed by atoms with Gasteiger partial charge >= 0.3 is 6.03 Å². The third-order valence-corrected chi connectivity index (χ3v) is 5.27. The predicted molar refractivity (Wildman–Crippen MR) is 96.1 cm³/mol. The number of nitrogens with one attached hydrogen (secondary N) is 1. The van der Waals surface area contributed by atoms with Crippen LogP contribution in [0.3, 0.4) is 0 Å². The fourth-order valence-electron chi connectivity index (χ4n) is 3.92. The van der Waals surface area contributed by atoms with Crippen molar-refractivity contribution in [2.24, 2.45) is 0 Å². The lowest BCUT2D eigenvalue weighted by Crippen LogP contribution is -2.56. The summed E-state index contributed by atoms with van der Waals surface area (Å²) in [6, 6.07) is 15.5. The zero-order valence-corrected chi connectivity index (χ0v) is 14.3. The van der Waals surface area contributed by atoms with Gasteiger partial charge in [0.2, 0.25) is 0 Å². The maximum absolute atomic E-state index is 13.7. The number of amides is 3. The summed E-state index contributed by atoms with van der Waals surface area (Å²) in [5.41, 5.74) is 0.708. The number of carbonyl (C=O) groups excluding carboxylic acids is 2. The molecule has 1 spiro atoms. The molecule has 5 nitrogen and oxygen atoms in total. The highest BCUT2D eigenvalue weighted by Gasteiger charge is 2.54. The molecule has 2 aliphatic rings. The molecule has 3 amide bonds. The van der Waals surface area contributed by atoms with Gasteiger partial charge in [-0.3, -0.25) is 19.9 Å². The van der Waals surface area contributed by atoms with Gasteiger partial charge in [-0.05, 0) is 36.6 Å². The zero-order chi connectivity index (χ0) is 18.1. The maximum atomic E-state index is 13.7. The van der Waals surface area contributed by atoms with Crippen LogP contribution in [0.1, 0.15) is 18.4 Å². The first-order valence-corrected chi connectivity index (χ1v) is 8.76. The fraction of sp³-hybridized carbons (Fsp3) is 0.300. The molecule has 2 saturated heterocycles. The van der Waals surface area contributed by atoms with Crippen LogP contribution in [0, 0.1) is 5.82 Å². The number of benzene rings is 2. The second kappa shape index (κ2) is 6.53. The predicted octanol–water partition coefficient (Wildman–Crippen LogP) is 2.92. The summed E-state index contributed by atoms with van der Waals surface area (Å²) >= 11 is 0. The standard InChI is InChI=1S/C20H20FN3O2/c21-16-7-4-8-17(13-16)24-19(26)22-18(25)20(24)9-11-23(12-10-20)14-15-5-2-1-3-6-15/h1-8,13H,9-12,14H2,(H,22,25,26). The van der Waals surface area contributed by atoms with Gasteiger partial charge in [-0.1, -0.05) is 36.4 Å². The van der Waals surface area contributed by atoms with Crippen molar-refractivity contribution in [1.29, 1.82) is 0 Å². The number of urea groups is 1. The molecule has 4 rings (SSSR count). The fourth-order valence-corrected chi connectivity index (χ4v) is 3.92. The van der Waals surface area contributed by atoms with Gasteiger partial charge in [-0.25, -0.2) is 9.18 Å². The van der Waals surface area contributed by atoms with Gasteiger partial charge in [0.05, 0.1) is 0 Å². The average molecular weight is 353 g/mol. The van der Waals surface area contributed by atoms with Crippen LogP contribution < -0.4 is 10.2 Å². The summed E-state index contributed by atoms with van der Waals surface area (Å²) in [5, 5.41) is 2.42. The third-order valence-electron chi connectivity index (χ3n) is 5.27. The van der Waals surface area contributed by atoms with E-state index in [0.29, 0.717) is 31.6 Å². The zero-order valence-electron chi connectivity index (χ0n) is 14.3. The van der Waals surface area contributed by atoms with E-state index in [-0.39, 0.29) is 5.91 Å². The van der Waals surface area contributed by atoms with Crippen molar-refractivity contribution in [3.63, 3.8) is 0 Å². The number of likely N-dealkylation sites (tertiary alicyclic amines) is 1. The molecule has 1 N–H and O–H groups in total. The summed E-state index contributed by atoms with van der Waals surface area (Å²) in [7, 11) is 0. The first-order valence-electron chi connectivity index (χ1n) is 8.76. The number of piperidine rings is 1. The molecule has 2 aliphatic heterocycles. The van der Waals surface area contributed by atoms with Crippen LogP contribution in [0.4, 0.5) is 14.9 Å². The van der Waals surface area contributed by atoms with Crippen LogP contribution in [-0.4, -0.2) is 35.5 Å². The minimum Gasteiger partial charge on any atom is -0.299 e. The Hall–Kier alpha value is -2.73. The molecule has 2 fully saturated rings. The number of anilines is 1. The molecule has 0 saturated carbocycles. The van der Waals surface area contributed by atoms with Crippen LogP contribution in [0.5, 0.6) is 0 Å². The highest BCUT2D eigenvalue weighted by molar-refractivity contribution is 6.17. The Kier molecular flexibility index (Phi) is 4.20. The number of imide groups is 1. The molecule has 2 aromatic rings. The summed E-state index contributed by atoms with van der Waals surface area (Å²) in [6.07, 6.45) is 1.04. The van der Waals surface area contributed by atoms with Crippen LogP contribution in [0.15, 0.2) is 54.6 Å². The van der Waals surface area contributed by atoms with Gasteiger partial charge in [-0.15, -0.1) is 0 Å². The van der Waals surface area contributed by atoms with Crippen molar-refractivity contribution in [2.75, 3.05) is 18.0 Å². The maximum Gasteiger partial charge on any atom is 0.329 e. The Bertz CT molecular complexity index is 832. The molecular weight excluding hydrogens is 333 g/mol. The van der Waals surface area contributed by atoms with E-state index in [1.807, 2.05) is 18.2 Å². The van der Waals surface area contributed by atoms with Crippen molar-refractivity contribution < 1.29 is 14.0 Å². The normalized spacial score (nSPS) is 19.8. The topological polar surface area (TPSA) is 52.7 Å². The average Bonchev–Trinajstić information content (AvgIpc) is 2.88. The molecule has 6 heteroatoms. The van der Waals surface area contributed by atoms with Gasteiger partial charge < -0.3 is 0 Å². The van der Waals surface area contributed by atoms with E-state index in [1.165, 1.54) is 22.6 Å². The van der Waals surface area contributed by atoms with Gasteiger partial charge in [0.25, 0.3) is 5.91 Å². The van der Waals surface area contributed by atoms with E-state index in [9.17, 15) is 14.0 Å². The van der Waals surface area contributed by atoms with Gasteiger partial charge in [0.1, 0.15) is 11.4 Å². The van der Waals surface area contributed by atoms with Gasteiger partial charge in [0, 0.05) is 25.3 Å². The molecule has 0 bridgehead atoms. The summed E-state index contributed by atoms with van der Waals surface area (Å²) < 4.78 is 13.7. The Labute approximate surface area is 151 Å². The van der Waals surface area contributed by atoms with E-state index < -0.39 is 17.4 Å². The monoisotopic (exact) mass is 353 g/mol. The molecule has 26 heavy (non-hydrogen) atoms. The second-order valence-electron chi connectivity index (χ2n) is 6.87. The van der Waals surface area contributed by atoms with Crippen molar-refractivity contribution in [3.8, 4) is 0 Å². The Morgan fingerprint density at radius 1 is 1.00 bits per heavy atom. The minimum absolute atomic E-state index is 0.286. The lowest BCUT2D eigenvalue weighted by atomic mass is 9.85. The largest absolute Gasteiger partial charge is 0.329 e. The van der Waals surface area contributed by atoms with Crippen LogP contribution >= 0.6 is 0 Å². The number of hydrogen-bond donors (Lipinski definition) is 1. The van der Waals surface area contributed by atoms with Crippen LogP contribution in [0.25, 0.3) is 0 Å². The molecule has 0 radical (unpaired) electrons. The molecule has 0 aliphatic carbocycles. The lowest BCUT2D eigenvalue weighted by molar-refractivity contribution is -0.124. The Morgan fingerprint density at radius 3 is 2.42 bits per heavy atom. The molecule has 0 aromatic heterocycles. The first kappa shape index (κ1) is 16.7. The molecule has 0 unspecified atom stereocenters. The van der Waals surface area contributed by atoms with E-state index in [4.69, 9.17) is 0 Å². The smallest absolute Gasteiger partial charge is 0.299 e. The molecule has 2 heterocycles. The van der Waals surface area contributed by atoms with Crippen molar-refractivity contribution in [3.05, 3.63) is 66.0 Å². The quantitative estimate of drug-likeness (QED) is 0.864. The van der Waals surface area contributed by atoms with E-state index in [2.05, 4.69) is 22.3 Å². The third kappa shape index (κ3) is 2.86. The van der Waals surface area contributed by atoms with E-state index >= 15 is 0 Å². The summed E-state index contributed by atoms with van der Waals surface area (Å²) in [6.45, 7) is 2.20. The number of hydrogen-bond acceptors (Lipinski definition) is 3. The van der Waals surface area contributed by atoms with E-state index in [1.54, 1.807) is 12.1 Å². The number of nitrogens with zero attached hydrogens (tertiary/aromatic N) is 2. The highest BCUT2D eigenvalue weighted by Crippen LogP contribution is 2.37. The highest BCUT2D eigenvalue weighted by atomic mass is 19.1. The Morgan fingerprint density at radius 2 is 1.73 bits per heavy atom. The first-order chi connectivity index (χ1) is 12.6. The summed E-state index contributed by atoms with van der Waals surface area (Å²) in [4.78, 5) is 28.7. The Balaban J connectivity index is 1.55.